The SMILES string of the molecule is CCN(CC)c1ccc(/C=N/NC(=O)c2n[nH]c3c2CCC3)cc1. The van der Waals surface area contributed by atoms with Crippen molar-refractivity contribution < 1.29 is 4.79 Å². The maximum atomic E-state index is 12.2. The Morgan fingerprint density at radius 3 is 2.75 bits per heavy atom. The third-order valence-corrected chi connectivity index (χ3v) is 4.42. The Bertz CT molecular complexity index is 728. The fourth-order valence-corrected chi connectivity index (χ4v) is 3.09. The summed E-state index contributed by atoms with van der Waals surface area (Å²) in [4.78, 5) is 14.4. The second kappa shape index (κ2) is 7.29. The van der Waals surface area contributed by atoms with Crippen LogP contribution in [-0.4, -0.2) is 35.4 Å². The molecule has 1 amide bonds. The Hall–Kier alpha value is -2.63. The molecule has 1 aliphatic carbocycles. The Morgan fingerprint density at radius 1 is 1.29 bits per heavy atom. The fourth-order valence-electron chi connectivity index (χ4n) is 3.09. The molecular weight excluding hydrogens is 302 g/mol. The van der Waals surface area contributed by atoms with Crippen LogP contribution < -0.4 is 10.3 Å². The Balaban J connectivity index is 1.60. The van der Waals surface area contributed by atoms with Gasteiger partial charge >= 0.3 is 0 Å². The number of aromatic nitrogens is 2. The monoisotopic (exact) mass is 325 g/mol. The molecule has 2 N–H and O–H groups in total. The number of hydrogen-bond acceptors (Lipinski definition) is 4. The number of anilines is 1. The minimum atomic E-state index is -0.259. The molecule has 126 valence electrons. The lowest BCUT2D eigenvalue weighted by Crippen LogP contribution is -2.21. The van der Waals surface area contributed by atoms with Gasteiger partial charge in [-0.15, -0.1) is 0 Å². The van der Waals surface area contributed by atoms with Crippen molar-refractivity contribution >= 4 is 17.8 Å². The first-order valence-corrected chi connectivity index (χ1v) is 8.47. The summed E-state index contributed by atoms with van der Waals surface area (Å²) < 4.78 is 0. The average Bonchev–Trinajstić information content (AvgIpc) is 3.20. The molecule has 0 fully saturated rings. The lowest BCUT2D eigenvalue weighted by Gasteiger charge is -2.20. The van der Waals surface area contributed by atoms with Crippen LogP contribution in [0, 0.1) is 0 Å². The largest absolute Gasteiger partial charge is 0.372 e. The number of benzene rings is 1. The highest BCUT2D eigenvalue weighted by Gasteiger charge is 2.22. The Kier molecular flexibility index (Phi) is 4.93. The number of nitrogens with one attached hydrogen (secondary N) is 2. The van der Waals surface area contributed by atoms with Crippen LogP contribution in [0.1, 0.15) is 47.6 Å². The van der Waals surface area contributed by atoms with Crippen molar-refractivity contribution in [3.8, 4) is 0 Å². The third-order valence-electron chi connectivity index (χ3n) is 4.42. The Morgan fingerprint density at radius 2 is 2.04 bits per heavy atom. The van der Waals surface area contributed by atoms with Crippen LogP contribution in [-0.2, 0) is 12.8 Å². The van der Waals surface area contributed by atoms with Crippen LogP contribution in [0.5, 0.6) is 0 Å². The Labute approximate surface area is 142 Å². The topological polar surface area (TPSA) is 73.4 Å². The molecule has 0 radical (unpaired) electrons. The van der Waals surface area contributed by atoms with E-state index in [-0.39, 0.29) is 5.91 Å². The number of carbonyl (C=O) groups excluding carboxylic acids is 1. The quantitative estimate of drug-likeness (QED) is 0.633. The van der Waals surface area contributed by atoms with Gasteiger partial charge in [-0.25, -0.2) is 5.43 Å². The molecular formula is C18H23N5O. The van der Waals surface area contributed by atoms with E-state index in [1.54, 1.807) is 6.21 Å². The van der Waals surface area contributed by atoms with E-state index >= 15 is 0 Å². The molecule has 0 spiro atoms. The number of aromatic amines is 1. The van der Waals surface area contributed by atoms with E-state index in [0.29, 0.717) is 5.69 Å². The van der Waals surface area contributed by atoms with Gasteiger partial charge in [-0.05, 0) is 50.8 Å². The zero-order valence-electron chi connectivity index (χ0n) is 14.2. The van der Waals surface area contributed by atoms with E-state index in [1.807, 2.05) is 12.1 Å². The predicted octanol–water partition coefficient (Wildman–Crippen LogP) is 2.51. The highest BCUT2D eigenvalue weighted by molar-refractivity contribution is 5.94. The van der Waals surface area contributed by atoms with E-state index in [1.165, 1.54) is 5.69 Å². The summed E-state index contributed by atoms with van der Waals surface area (Å²) >= 11 is 0. The summed E-state index contributed by atoms with van der Waals surface area (Å²) in [6, 6.07) is 8.12. The number of H-pyrrole nitrogens is 1. The third kappa shape index (κ3) is 3.32. The first kappa shape index (κ1) is 16.2. The molecule has 0 bridgehead atoms. The van der Waals surface area contributed by atoms with E-state index in [2.05, 4.69) is 51.6 Å². The standard InChI is InChI=1S/C18H23N5O/c1-3-23(4-2)14-10-8-13(9-11-14)12-19-22-18(24)17-15-6-5-7-16(15)20-21-17/h8-12H,3-7H2,1-2H3,(H,20,21)(H,22,24)/b19-12+. The number of carbonyl (C=O) groups is 1. The van der Waals surface area contributed by atoms with Crippen molar-refractivity contribution in [1.82, 2.24) is 15.6 Å². The molecule has 1 aliphatic rings. The highest BCUT2D eigenvalue weighted by atomic mass is 16.2. The predicted molar refractivity (Wildman–Crippen MR) is 95.7 cm³/mol. The number of rotatable bonds is 6. The number of fused-ring (bicyclic) bond motifs is 1. The summed E-state index contributed by atoms with van der Waals surface area (Å²) in [5.41, 5.74) is 7.27. The first-order valence-electron chi connectivity index (χ1n) is 8.47. The zero-order chi connectivity index (χ0) is 16.9. The molecule has 0 unspecified atom stereocenters. The summed E-state index contributed by atoms with van der Waals surface area (Å²) in [6.45, 7) is 6.24. The molecule has 3 rings (SSSR count). The van der Waals surface area contributed by atoms with Gasteiger partial charge in [0, 0.05) is 30.0 Å². The van der Waals surface area contributed by atoms with Crippen molar-refractivity contribution in [2.45, 2.75) is 33.1 Å². The van der Waals surface area contributed by atoms with Gasteiger partial charge in [-0.1, -0.05) is 12.1 Å². The molecule has 1 aromatic carbocycles. The van der Waals surface area contributed by atoms with Gasteiger partial charge in [0.15, 0.2) is 5.69 Å². The van der Waals surface area contributed by atoms with Crippen molar-refractivity contribution in [3.05, 3.63) is 46.8 Å². The van der Waals surface area contributed by atoms with Gasteiger partial charge in [0.05, 0.1) is 6.21 Å². The van der Waals surface area contributed by atoms with E-state index < -0.39 is 0 Å². The molecule has 6 nitrogen and oxygen atoms in total. The average molecular weight is 325 g/mol. The van der Waals surface area contributed by atoms with Crippen LogP contribution in [0.4, 0.5) is 5.69 Å². The normalized spacial score (nSPS) is 13.2. The minimum Gasteiger partial charge on any atom is -0.372 e. The molecule has 1 aromatic heterocycles. The van der Waals surface area contributed by atoms with Gasteiger partial charge in [-0.3, -0.25) is 9.89 Å². The van der Waals surface area contributed by atoms with E-state index in [4.69, 9.17) is 0 Å². The first-order chi connectivity index (χ1) is 11.7. The molecule has 1 heterocycles. The zero-order valence-corrected chi connectivity index (χ0v) is 14.2. The minimum absolute atomic E-state index is 0.259. The van der Waals surface area contributed by atoms with Crippen LogP contribution in [0.2, 0.25) is 0 Å². The van der Waals surface area contributed by atoms with E-state index in [9.17, 15) is 4.79 Å². The van der Waals surface area contributed by atoms with Gasteiger partial charge in [0.2, 0.25) is 0 Å². The van der Waals surface area contributed by atoms with Crippen molar-refractivity contribution in [1.29, 1.82) is 0 Å². The lowest BCUT2D eigenvalue weighted by atomic mass is 10.2. The molecule has 6 heteroatoms. The molecule has 0 aliphatic heterocycles. The molecule has 0 saturated heterocycles. The van der Waals surface area contributed by atoms with Crippen molar-refractivity contribution in [2.75, 3.05) is 18.0 Å². The molecule has 2 aromatic rings. The summed E-state index contributed by atoms with van der Waals surface area (Å²) in [5.74, 6) is -0.259. The van der Waals surface area contributed by atoms with Gasteiger partial charge < -0.3 is 4.90 Å². The maximum absolute atomic E-state index is 12.2. The second-order valence-electron chi connectivity index (χ2n) is 5.85. The smallest absolute Gasteiger partial charge is 0.292 e. The van der Waals surface area contributed by atoms with Crippen LogP contribution in [0.25, 0.3) is 0 Å². The fraction of sp³-hybridized carbons (Fsp3) is 0.389. The van der Waals surface area contributed by atoms with E-state index in [0.717, 1.165) is 49.2 Å². The van der Waals surface area contributed by atoms with Gasteiger partial charge in [0.1, 0.15) is 0 Å². The number of hydrazone groups is 1. The van der Waals surface area contributed by atoms with Crippen molar-refractivity contribution in [2.24, 2.45) is 5.10 Å². The number of aryl methyl sites for hydroxylation is 1. The molecule has 0 saturated carbocycles. The van der Waals surface area contributed by atoms with Crippen LogP contribution in [0.3, 0.4) is 0 Å². The number of hydrogen-bond donors (Lipinski definition) is 2. The van der Waals surface area contributed by atoms with Crippen molar-refractivity contribution in [3.63, 3.8) is 0 Å². The number of amides is 1. The molecule has 0 atom stereocenters. The highest BCUT2D eigenvalue weighted by Crippen LogP contribution is 2.22. The summed E-state index contributed by atoms with van der Waals surface area (Å²) in [5, 5.41) is 11.1. The van der Waals surface area contributed by atoms with Crippen LogP contribution >= 0.6 is 0 Å². The second-order valence-corrected chi connectivity index (χ2v) is 5.85. The number of nitrogens with zero attached hydrogens (tertiary/aromatic N) is 3. The van der Waals surface area contributed by atoms with Gasteiger partial charge in [0.25, 0.3) is 5.91 Å². The maximum Gasteiger partial charge on any atom is 0.292 e. The summed E-state index contributed by atoms with van der Waals surface area (Å²) in [6.07, 6.45) is 4.60. The summed E-state index contributed by atoms with van der Waals surface area (Å²) in [7, 11) is 0. The molecule has 24 heavy (non-hydrogen) atoms. The lowest BCUT2D eigenvalue weighted by molar-refractivity contribution is 0.0949. The van der Waals surface area contributed by atoms with Gasteiger partial charge in [-0.2, -0.15) is 10.2 Å². The van der Waals surface area contributed by atoms with Crippen LogP contribution in [0.15, 0.2) is 29.4 Å².